The Morgan fingerprint density at radius 2 is 2.09 bits per heavy atom. The van der Waals surface area contributed by atoms with E-state index < -0.39 is 11.8 Å². The van der Waals surface area contributed by atoms with Gasteiger partial charge in [0.25, 0.3) is 0 Å². The fourth-order valence-corrected chi connectivity index (χ4v) is 1.95. The molecule has 0 aliphatic carbocycles. The number of hydrogen-bond donors (Lipinski definition) is 0. The Kier molecular flexibility index (Phi) is 3.74. The standard InChI is InChI=1S/C16H12FNO4/c1-10-8-11(18-22-10)9-20-16(19)15-7-6-14(21-15)12-4-2-3-5-13(12)17/h2-8H,9H2,1H3. The first-order valence-corrected chi connectivity index (χ1v) is 6.57. The van der Waals surface area contributed by atoms with Crippen LogP contribution in [0.1, 0.15) is 22.0 Å². The first-order chi connectivity index (χ1) is 10.6. The number of carbonyl (C=O) groups excluding carboxylic acids is 1. The summed E-state index contributed by atoms with van der Waals surface area (Å²) in [5.74, 6) is -0.176. The molecule has 2 heterocycles. The summed E-state index contributed by atoms with van der Waals surface area (Å²) in [6.45, 7) is 1.72. The van der Waals surface area contributed by atoms with E-state index in [1.165, 1.54) is 18.2 Å². The number of ether oxygens (including phenoxy) is 1. The van der Waals surface area contributed by atoms with Gasteiger partial charge in [-0.1, -0.05) is 17.3 Å². The number of furan rings is 1. The van der Waals surface area contributed by atoms with Crippen molar-refractivity contribution in [2.45, 2.75) is 13.5 Å². The molecule has 0 fully saturated rings. The van der Waals surface area contributed by atoms with E-state index in [2.05, 4.69) is 5.16 Å². The number of benzene rings is 1. The molecule has 0 radical (unpaired) electrons. The SMILES string of the molecule is Cc1cc(COC(=O)c2ccc(-c3ccccc3F)o2)no1. The van der Waals surface area contributed by atoms with Crippen molar-refractivity contribution in [3.8, 4) is 11.3 Å². The minimum Gasteiger partial charge on any atom is -0.453 e. The van der Waals surface area contributed by atoms with Gasteiger partial charge in [-0.2, -0.15) is 0 Å². The molecule has 0 aliphatic heterocycles. The van der Waals surface area contributed by atoms with Crippen LogP contribution in [0.2, 0.25) is 0 Å². The molecular formula is C16H12FNO4. The molecule has 0 saturated heterocycles. The van der Waals surface area contributed by atoms with E-state index in [-0.39, 0.29) is 23.7 Å². The number of hydrogen-bond acceptors (Lipinski definition) is 5. The summed E-state index contributed by atoms with van der Waals surface area (Å²) >= 11 is 0. The van der Waals surface area contributed by atoms with E-state index in [1.807, 2.05) is 0 Å². The molecule has 0 spiro atoms. The lowest BCUT2D eigenvalue weighted by Crippen LogP contribution is -2.04. The maximum absolute atomic E-state index is 13.7. The lowest BCUT2D eigenvalue weighted by Gasteiger charge is -2.00. The molecule has 1 aromatic carbocycles. The lowest BCUT2D eigenvalue weighted by atomic mass is 10.1. The van der Waals surface area contributed by atoms with Crippen molar-refractivity contribution >= 4 is 5.97 Å². The summed E-state index contributed by atoms with van der Waals surface area (Å²) in [6, 6.07) is 10.8. The third-order valence-corrected chi connectivity index (χ3v) is 2.97. The topological polar surface area (TPSA) is 65.5 Å². The minimum atomic E-state index is -0.650. The van der Waals surface area contributed by atoms with Crippen LogP contribution in [0, 0.1) is 12.7 Å². The van der Waals surface area contributed by atoms with Crippen LogP contribution in [0.3, 0.4) is 0 Å². The Labute approximate surface area is 125 Å². The molecule has 0 amide bonds. The van der Waals surface area contributed by atoms with E-state index in [4.69, 9.17) is 13.7 Å². The minimum absolute atomic E-state index is 0.00142. The zero-order chi connectivity index (χ0) is 15.5. The molecule has 0 bridgehead atoms. The first kappa shape index (κ1) is 14.1. The molecule has 2 aromatic heterocycles. The molecule has 0 saturated carbocycles. The van der Waals surface area contributed by atoms with E-state index in [0.717, 1.165) is 0 Å². The van der Waals surface area contributed by atoms with Crippen LogP contribution >= 0.6 is 0 Å². The highest BCUT2D eigenvalue weighted by Crippen LogP contribution is 2.25. The summed E-state index contributed by atoms with van der Waals surface area (Å²) in [4.78, 5) is 11.9. The third kappa shape index (κ3) is 2.90. The van der Waals surface area contributed by atoms with E-state index in [1.54, 1.807) is 31.2 Å². The van der Waals surface area contributed by atoms with Gasteiger partial charge in [0.15, 0.2) is 0 Å². The third-order valence-electron chi connectivity index (χ3n) is 2.97. The van der Waals surface area contributed by atoms with Gasteiger partial charge in [0.2, 0.25) is 5.76 Å². The van der Waals surface area contributed by atoms with Crippen LogP contribution in [0.15, 0.2) is 51.4 Å². The van der Waals surface area contributed by atoms with Gasteiger partial charge in [0.05, 0.1) is 5.56 Å². The second kappa shape index (κ2) is 5.85. The van der Waals surface area contributed by atoms with Crippen molar-refractivity contribution in [3.05, 3.63) is 65.5 Å². The fourth-order valence-electron chi connectivity index (χ4n) is 1.95. The van der Waals surface area contributed by atoms with Crippen molar-refractivity contribution < 1.29 is 22.9 Å². The van der Waals surface area contributed by atoms with Crippen molar-refractivity contribution in [1.82, 2.24) is 5.16 Å². The van der Waals surface area contributed by atoms with Gasteiger partial charge in [0, 0.05) is 6.07 Å². The van der Waals surface area contributed by atoms with Crippen molar-refractivity contribution in [1.29, 1.82) is 0 Å². The zero-order valence-electron chi connectivity index (χ0n) is 11.7. The van der Waals surface area contributed by atoms with Crippen LogP contribution in [0.25, 0.3) is 11.3 Å². The molecule has 0 aliphatic rings. The second-order valence-electron chi connectivity index (χ2n) is 4.65. The number of carbonyl (C=O) groups is 1. The largest absolute Gasteiger partial charge is 0.453 e. The van der Waals surface area contributed by atoms with Gasteiger partial charge in [-0.15, -0.1) is 0 Å². The highest BCUT2D eigenvalue weighted by atomic mass is 19.1. The van der Waals surface area contributed by atoms with Crippen LogP contribution in [0.5, 0.6) is 0 Å². The van der Waals surface area contributed by atoms with Crippen LogP contribution in [0.4, 0.5) is 4.39 Å². The van der Waals surface area contributed by atoms with Crippen molar-refractivity contribution in [2.24, 2.45) is 0 Å². The zero-order valence-corrected chi connectivity index (χ0v) is 11.7. The lowest BCUT2D eigenvalue weighted by molar-refractivity contribution is 0.0428. The quantitative estimate of drug-likeness (QED) is 0.687. The number of rotatable bonds is 4. The second-order valence-corrected chi connectivity index (χ2v) is 4.65. The van der Waals surface area contributed by atoms with E-state index >= 15 is 0 Å². The monoisotopic (exact) mass is 301 g/mol. The highest BCUT2D eigenvalue weighted by molar-refractivity contribution is 5.87. The van der Waals surface area contributed by atoms with Crippen LogP contribution in [-0.2, 0) is 11.3 Å². The van der Waals surface area contributed by atoms with Gasteiger partial charge in [-0.05, 0) is 31.2 Å². The van der Waals surface area contributed by atoms with Crippen molar-refractivity contribution in [2.75, 3.05) is 0 Å². The number of halogens is 1. The van der Waals surface area contributed by atoms with E-state index in [0.29, 0.717) is 11.5 Å². The van der Waals surface area contributed by atoms with Gasteiger partial charge in [-0.25, -0.2) is 9.18 Å². The molecule has 0 N–H and O–H groups in total. The Morgan fingerprint density at radius 1 is 1.27 bits per heavy atom. The van der Waals surface area contributed by atoms with Gasteiger partial charge < -0.3 is 13.7 Å². The predicted octanol–water partition coefficient (Wildman–Crippen LogP) is 3.74. The number of aromatic nitrogens is 1. The molecule has 22 heavy (non-hydrogen) atoms. The molecule has 0 atom stereocenters. The summed E-state index contributed by atoms with van der Waals surface area (Å²) in [5.41, 5.74) is 0.792. The predicted molar refractivity (Wildman–Crippen MR) is 74.5 cm³/mol. The number of nitrogens with zero attached hydrogens (tertiary/aromatic N) is 1. The highest BCUT2D eigenvalue weighted by Gasteiger charge is 2.16. The molecule has 3 aromatic rings. The summed E-state index contributed by atoms with van der Waals surface area (Å²) in [7, 11) is 0. The molecule has 112 valence electrons. The summed E-state index contributed by atoms with van der Waals surface area (Å²) < 4.78 is 28.9. The molecule has 3 rings (SSSR count). The van der Waals surface area contributed by atoms with Gasteiger partial charge >= 0.3 is 5.97 Å². The average Bonchev–Trinajstić information content (AvgIpc) is 3.14. The summed E-state index contributed by atoms with van der Waals surface area (Å²) in [6.07, 6.45) is 0. The number of esters is 1. The average molecular weight is 301 g/mol. The van der Waals surface area contributed by atoms with Gasteiger partial charge in [0.1, 0.15) is 29.6 Å². The molecular weight excluding hydrogens is 289 g/mol. The maximum atomic E-state index is 13.7. The number of aryl methyl sites for hydroxylation is 1. The first-order valence-electron chi connectivity index (χ1n) is 6.57. The normalized spacial score (nSPS) is 10.6. The Morgan fingerprint density at radius 3 is 2.82 bits per heavy atom. The Balaban J connectivity index is 1.70. The smallest absolute Gasteiger partial charge is 0.374 e. The maximum Gasteiger partial charge on any atom is 0.374 e. The van der Waals surface area contributed by atoms with Gasteiger partial charge in [-0.3, -0.25) is 0 Å². The van der Waals surface area contributed by atoms with E-state index in [9.17, 15) is 9.18 Å². The summed E-state index contributed by atoms with van der Waals surface area (Å²) in [5, 5.41) is 3.71. The molecule has 0 unspecified atom stereocenters. The Hall–Kier alpha value is -2.89. The molecule has 6 heteroatoms. The Bertz CT molecular complexity index is 806. The molecule has 5 nitrogen and oxygen atoms in total. The fraction of sp³-hybridized carbons (Fsp3) is 0.125. The van der Waals surface area contributed by atoms with Crippen LogP contribution in [-0.4, -0.2) is 11.1 Å². The van der Waals surface area contributed by atoms with Crippen molar-refractivity contribution in [3.63, 3.8) is 0 Å². The van der Waals surface area contributed by atoms with Crippen LogP contribution < -0.4 is 0 Å².